The van der Waals surface area contributed by atoms with Crippen LogP contribution in [0.5, 0.6) is 0 Å². The molecule has 0 aromatic heterocycles. The number of rotatable bonds is 5. The first-order valence-corrected chi connectivity index (χ1v) is 7.07. The highest BCUT2D eigenvalue weighted by atomic mass is 19.1. The van der Waals surface area contributed by atoms with Crippen molar-refractivity contribution in [3.05, 3.63) is 35.6 Å². The molecule has 3 N–H and O–H groups in total. The van der Waals surface area contributed by atoms with E-state index in [2.05, 4.69) is 5.32 Å². The van der Waals surface area contributed by atoms with E-state index >= 15 is 0 Å². The maximum Gasteiger partial charge on any atom is 0.234 e. The summed E-state index contributed by atoms with van der Waals surface area (Å²) in [6.07, 6.45) is 1.67. The molecule has 6 heteroatoms. The zero-order valence-electron chi connectivity index (χ0n) is 11.8. The van der Waals surface area contributed by atoms with E-state index in [1.54, 1.807) is 12.1 Å². The van der Waals surface area contributed by atoms with Gasteiger partial charge in [-0.1, -0.05) is 12.1 Å². The molecule has 1 aromatic rings. The monoisotopic (exact) mass is 293 g/mol. The lowest BCUT2D eigenvalue weighted by molar-refractivity contribution is -0.126. The molecule has 0 radical (unpaired) electrons. The lowest BCUT2D eigenvalue weighted by Crippen LogP contribution is -2.45. The van der Waals surface area contributed by atoms with Crippen molar-refractivity contribution >= 4 is 11.8 Å². The molecule has 0 saturated carbocycles. The fourth-order valence-electron chi connectivity index (χ4n) is 2.49. The summed E-state index contributed by atoms with van der Waals surface area (Å²) in [5.74, 6) is -0.865. The SMILES string of the molecule is NC(=O)[C@@H]1CCCN(CC(=O)NCc2ccc(F)cc2)C1. The van der Waals surface area contributed by atoms with Gasteiger partial charge in [-0.25, -0.2) is 4.39 Å². The van der Waals surface area contributed by atoms with E-state index in [4.69, 9.17) is 5.73 Å². The van der Waals surface area contributed by atoms with Gasteiger partial charge in [0.25, 0.3) is 0 Å². The Labute approximate surface area is 123 Å². The summed E-state index contributed by atoms with van der Waals surface area (Å²) in [5, 5.41) is 2.79. The van der Waals surface area contributed by atoms with Crippen molar-refractivity contribution in [3.63, 3.8) is 0 Å². The van der Waals surface area contributed by atoms with Crippen LogP contribution in [0.4, 0.5) is 4.39 Å². The predicted octanol–water partition coefficient (Wildman–Crippen LogP) is 0.639. The Hall–Kier alpha value is -1.95. The lowest BCUT2D eigenvalue weighted by atomic mass is 9.97. The van der Waals surface area contributed by atoms with Crippen molar-refractivity contribution in [1.29, 1.82) is 0 Å². The van der Waals surface area contributed by atoms with Crippen LogP contribution in [0, 0.1) is 11.7 Å². The van der Waals surface area contributed by atoms with Gasteiger partial charge in [-0.3, -0.25) is 14.5 Å². The van der Waals surface area contributed by atoms with Crippen LogP contribution in [-0.4, -0.2) is 36.3 Å². The molecule has 0 spiro atoms. The van der Waals surface area contributed by atoms with E-state index in [0.29, 0.717) is 13.1 Å². The van der Waals surface area contributed by atoms with Crippen LogP contribution in [0.25, 0.3) is 0 Å². The topological polar surface area (TPSA) is 75.4 Å². The molecular formula is C15H20FN3O2. The number of likely N-dealkylation sites (tertiary alicyclic amines) is 1. The zero-order valence-corrected chi connectivity index (χ0v) is 11.8. The summed E-state index contributed by atoms with van der Waals surface area (Å²) >= 11 is 0. The lowest BCUT2D eigenvalue weighted by Gasteiger charge is -2.30. The normalized spacial score (nSPS) is 19.2. The maximum absolute atomic E-state index is 12.8. The number of hydrogen-bond donors (Lipinski definition) is 2. The second kappa shape index (κ2) is 7.17. The van der Waals surface area contributed by atoms with Crippen molar-refractivity contribution < 1.29 is 14.0 Å². The average Bonchev–Trinajstić information content (AvgIpc) is 2.47. The maximum atomic E-state index is 12.8. The van der Waals surface area contributed by atoms with Crippen molar-refractivity contribution in [3.8, 4) is 0 Å². The summed E-state index contributed by atoms with van der Waals surface area (Å²) in [6, 6.07) is 6.01. The Kier molecular flexibility index (Phi) is 5.27. The van der Waals surface area contributed by atoms with Crippen molar-refractivity contribution in [2.24, 2.45) is 11.7 Å². The van der Waals surface area contributed by atoms with Crippen LogP contribution in [0.2, 0.25) is 0 Å². The fourth-order valence-corrected chi connectivity index (χ4v) is 2.49. The first kappa shape index (κ1) is 15.4. The van der Waals surface area contributed by atoms with Crippen molar-refractivity contribution in [2.45, 2.75) is 19.4 Å². The van der Waals surface area contributed by atoms with E-state index in [0.717, 1.165) is 24.9 Å². The second-order valence-electron chi connectivity index (χ2n) is 5.38. The standard InChI is InChI=1S/C15H20FN3O2/c16-13-5-3-11(4-6-13)8-18-14(20)10-19-7-1-2-12(9-19)15(17)21/h3-6,12H,1-2,7-10H2,(H2,17,21)(H,18,20)/t12-/m1/s1. The number of halogens is 1. The van der Waals surface area contributed by atoms with Gasteiger partial charge in [-0.2, -0.15) is 0 Å². The van der Waals surface area contributed by atoms with Gasteiger partial charge < -0.3 is 11.1 Å². The third-order valence-electron chi connectivity index (χ3n) is 3.68. The molecule has 5 nitrogen and oxygen atoms in total. The quantitative estimate of drug-likeness (QED) is 0.836. The first-order valence-electron chi connectivity index (χ1n) is 7.07. The molecule has 1 fully saturated rings. The summed E-state index contributed by atoms with van der Waals surface area (Å²) in [6.45, 7) is 1.96. The summed E-state index contributed by atoms with van der Waals surface area (Å²) < 4.78 is 12.8. The number of primary amides is 1. The number of amides is 2. The molecule has 1 aliphatic heterocycles. The third kappa shape index (κ3) is 4.82. The van der Waals surface area contributed by atoms with Crippen molar-refractivity contribution in [1.82, 2.24) is 10.2 Å². The molecular weight excluding hydrogens is 273 g/mol. The van der Waals surface area contributed by atoms with Crippen LogP contribution < -0.4 is 11.1 Å². The Balaban J connectivity index is 1.76. The Morgan fingerprint density at radius 1 is 1.33 bits per heavy atom. The van der Waals surface area contributed by atoms with Gasteiger partial charge in [0, 0.05) is 13.1 Å². The molecule has 114 valence electrons. The molecule has 0 aliphatic carbocycles. The van der Waals surface area contributed by atoms with Crippen LogP contribution in [0.3, 0.4) is 0 Å². The van der Waals surface area contributed by atoms with Gasteiger partial charge in [0.05, 0.1) is 12.5 Å². The Morgan fingerprint density at radius 2 is 2.05 bits per heavy atom. The van der Waals surface area contributed by atoms with Crippen molar-refractivity contribution in [2.75, 3.05) is 19.6 Å². The molecule has 2 amide bonds. The van der Waals surface area contributed by atoms with Crippen LogP contribution >= 0.6 is 0 Å². The minimum atomic E-state index is -0.300. The van der Waals surface area contributed by atoms with Gasteiger partial charge in [0.1, 0.15) is 5.82 Å². The zero-order chi connectivity index (χ0) is 15.2. The Morgan fingerprint density at radius 3 is 2.71 bits per heavy atom. The highest BCUT2D eigenvalue weighted by molar-refractivity contribution is 5.79. The minimum absolute atomic E-state index is 0.107. The van der Waals surface area contributed by atoms with E-state index in [-0.39, 0.29) is 30.1 Å². The highest BCUT2D eigenvalue weighted by Gasteiger charge is 2.24. The third-order valence-corrected chi connectivity index (χ3v) is 3.68. The van der Waals surface area contributed by atoms with Gasteiger partial charge in [-0.05, 0) is 37.1 Å². The van der Waals surface area contributed by atoms with E-state index < -0.39 is 0 Å². The number of nitrogens with one attached hydrogen (secondary N) is 1. The number of nitrogens with zero attached hydrogens (tertiary/aromatic N) is 1. The fraction of sp³-hybridized carbons (Fsp3) is 0.467. The molecule has 21 heavy (non-hydrogen) atoms. The summed E-state index contributed by atoms with van der Waals surface area (Å²) in [5.41, 5.74) is 6.16. The number of piperidine rings is 1. The first-order chi connectivity index (χ1) is 10.0. The molecule has 1 atom stereocenters. The molecule has 1 aliphatic rings. The Bertz CT molecular complexity index is 504. The predicted molar refractivity (Wildman–Crippen MR) is 76.6 cm³/mol. The van der Waals surface area contributed by atoms with Gasteiger partial charge in [-0.15, -0.1) is 0 Å². The van der Waals surface area contributed by atoms with E-state index in [9.17, 15) is 14.0 Å². The number of nitrogens with two attached hydrogens (primary N) is 1. The summed E-state index contributed by atoms with van der Waals surface area (Å²) in [7, 11) is 0. The largest absolute Gasteiger partial charge is 0.369 e. The number of hydrogen-bond acceptors (Lipinski definition) is 3. The van der Waals surface area contributed by atoms with Crippen LogP contribution in [0.15, 0.2) is 24.3 Å². The van der Waals surface area contributed by atoms with Crippen LogP contribution in [0.1, 0.15) is 18.4 Å². The molecule has 0 bridgehead atoms. The van der Waals surface area contributed by atoms with Gasteiger partial charge in [0.2, 0.25) is 11.8 Å². The van der Waals surface area contributed by atoms with Gasteiger partial charge in [0.15, 0.2) is 0 Å². The second-order valence-corrected chi connectivity index (χ2v) is 5.38. The average molecular weight is 293 g/mol. The smallest absolute Gasteiger partial charge is 0.234 e. The molecule has 1 heterocycles. The van der Waals surface area contributed by atoms with E-state index in [1.807, 2.05) is 4.90 Å². The number of carbonyl (C=O) groups excluding carboxylic acids is 2. The molecule has 1 saturated heterocycles. The molecule has 0 unspecified atom stereocenters. The van der Waals surface area contributed by atoms with Crippen LogP contribution in [-0.2, 0) is 16.1 Å². The van der Waals surface area contributed by atoms with Gasteiger partial charge >= 0.3 is 0 Å². The molecule has 1 aromatic carbocycles. The highest BCUT2D eigenvalue weighted by Crippen LogP contribution is 2.15. The summed E-state index contributed by atoms with van der Waals surface area (Å²) in [4.78, 5) is 25.0. The minimum Gasteiger partial charge on any atom is -0.369 e. The molecule has 2 rings (SSSR count). The number of carbonyl (C=O) groups is 2. The number of benzene rings is 1. The van der Waals surface area contributed by atoms with E-state index in [1.165, 1.54) is 12.1 Å².